The van der Waals surface area contributed by atoms with Gasteiger partial charge in [-0.1, -0.05) is 17.7 Å². The number of nitrogens with one attached hydrogen (secondary N) is 1. The van der Waals surface area contributed by atoms with Crippen molar-refractivity contribution in [2.24, 2.45) is 0 Å². The second-order valence-electron chi connectivity index (χ2n) is 3.48. The third-order valence-corrected chi connectivity index (χ3v) is 2.27. The summed E-state index contributed by atoms with van der Waals surface area (Å²) in [6.07, 6.45) is 1.73. The summed E-state index contributed by atoms with van der Waals surface area (Å²) in [6.45, 7) is 2.79. The van der Waals surface area contributed by atoms with Crippen LogP contribution in [0.5, 0.6) is 0 Å². The monoisotopic (exact) mass is 202 g/mol. The summed E-state index contributed by atoms with van der Waals surface area (Å²) in [5, 5.41) is 11.0. The van der Waals surface area contributed by atoms with Gasteiger partial charge in [0, 0.05) is 5.69 Å². The Balaban J connectivity index is 2.36. The number of nitrogens with zero attached hydrogens (tertiary/aromatic N) is 3. The van der Waals surface area contributed by atoms with Crippen LogP contribution in [0.4, 0.5) is 0 Å². The number of hydrogen-bond donors (Lipinski definition) is 1. The molecule has 0 aliphatic heterocycles. The highest BCUT2D eigenvalue weighted by Crippen LogP contribution is 2.10. The molecule has 78 valence electrons. The lowest BCUT2D eigenvalue weighted by Gasteiger charge is -2.05. The topological polar surface area (TPSA) is 42.7 Å². The van der Waals surface area contributed by atoms with Crippen LogP contribution in [0.2, 0.25) is 0 Å². The van der Waals surface area contributed by atoms with Gasteiger partial charge in [0.15, 0.2) is 5.82 Å². The predicted molar refractivity (Wildman–Crippen MR) is 58.9 cm³/mol. The molecular weight excluding hydrogens is 188 g/mol. The number of aromatic nitrogens is 3. The number of rotatable bonds is 3. The highest BCUT2D eigenvalue weighted by Gasteiger charge is 2.04. The Hall–Kier alpha value is -1.68. The maximum absolute atomic E-state index is 4.06. The Kier molecular flexibility index (Phi) is 2.78. The zero-order valence-corrected chi connectivity index (χ0v) is 8.94. The highest BCUT2D eigenvalue weighted by atomic mass is 15.3. The van der Waals surface area contributed by atoms with E-state index in [4.69, 9.17) is 0 Å². The van der Waals surface area contributed by atoms with Crippen molar-refractivity contribution >= 4 is 0 Å². The lowest BCUT2D eigenvalue weighted by molar-refractivity contribution is 0.737. The maximum Gasteiger partial charge on any atom is 0.151 e. The van der Waals surface area contributed by atoms with Crippen LogP contribution in [0.25, 0.3) is 5.69 Å². The first-order chi connectivity index (χ1) is 7.31. The first kappa shape index (κ1) is 9.86. The molecule has 1 aromatic heterocycles. The summed E-state index contributed by atoms with van der Waals surface area (Å²) >= 11 is 0. The second-order valence-corrected chi connectivity index (χ2v) is 3.48. The summed E-state index contributed by atoms with van der Waals surface area (Å²) in [6, 6.07) is 8.30. The lowest BCUT2D eigenvalue weighted by atomic mass is 10.2. The van der Waals surface area contributed by atoms with Crippen molar-refractivity contribution in [1.29, 1.82) is 0 Å². The van der Waals surface area contributed by atoms with Crippen LogP contribution < -0.4 is 5.32 Å². The predicted octanol–water partition coefficient (Wildman–Crippen LogP) is 1.30. The van der Waals surface area contributed by atoms with E-state index in [0.717, 1.165) is 11.5 Å². The molecule has 0 fully saturated rings. The molecule has 1 N–H and O–H groups in total. The largest absolute Gasteiger partial charge is 0.313 e. The van der Waals surface area contributed by atoms with Gasteiger partial charge < -0.3 is 5.32 Å². The van der Waals surface area contributed by atoms with Crippen molar-refractivity contribution in [1.82, 2.24) is 20.1 Å². The Morgan fingerprint density at radius 3 is 2.67 bits per heavy atom. The number of benzene rings is 1. The molecule has 4 nitrogen and oxygen atoms in total. The van der Waals surface area contributed by atoms with E-state index < -0.39 is 0 Å². The first-order valence-corrected chi connectivity index (χ1v) is 4.92. The molecule has 15 heavy (non-hydrogen) atoms. The molecular formula is C11H14N4. The molecule has 1 aromatic carbocycles. The van der Waals surface area contributed by atoms with Gasteiger partial charge in [0.2, 0.25) is 0 Å². The minimum Gasteiger partial charge on any atom is -0.313 e. The van der Waals surface area contributed by atoms with Crippen LogP contribution in [0, 0.1) is 6.92 Å². The third-order valence-electron chi connectivity index (χ3n) is 2.27. The van der Waals surface area contributed by atoms with Crippen molar-refractivity contribution in [3.63, 3.8) is 0 Å². The van der Waals surface area contributed by atoms with Crippen LogP contribution in [-0.2, 0) is 6.54 Å². The van der Waals surface area contributed by atoms with Gasteiger partial charge in [-0.05, 0) is 26.1 Å². The van der Waals surface area contributed by atoms with E-state index in [9.17, 15) is 0 Å². The van der Waals surface area contributed by atoms with Gasteiger partial charge >= 0.3 is 0 Å². The van der Waals surface area contributed by atoms with Gasteiger partial charge in [0.05, 0.1) is 6.54 Å². The summed E-state index contributed by atoms with van der Waals surface area (Å²) in [5.74, 6) is 0.918. The molecule has 0 unspecified atom stereocenters. The number of aryl methyl sites for hydroxylation is 1. The molecule has 0 aliphatic carbocycles. The fourth-order valence-electron chi connectivity index (χ4n) is 1.46. The van der Waals surface area contributed by atoms with Crippen molar-refractivity contribution in [2.45, 2.75) is 13.5 Å². The van der Waals surface area contributed by atoms with Gasteiger partial charge in [-0.2, -0.15) is 0 Å². The van der Waals surface area contributed by atoms with E-state index in [0.29, 0.717) is 6.54 Å². The average Bonchev–Trinajstić information content (AvgIpc) is 2.68. The van der Waals surface area contributed by atoms with E-state index in [-0.39, 0.29) is 0 Å². The molecule has 0 spiro atoms. The molecule has 0 atom stereocenters. The Labute approximate surface area is 89.0 Å². The molecule has 0 aliphatic rings. The van der Waals surface area contributed by atoms with Crippen LogP contribution in [0.15, 0.2) is 30.6 Å². The van der Waals surface area contributed by atoms with Crippen LogP contribution in [-0.4, -0.2) is 21.8 Å². The van der Waals surface area contributed by atoms with Gasteiger partial charge in [-0.15, -0.1) is 10.2 Å². The first-order valence-electron chi connectivity index (χ1n) is 4.92. The van der Waals surface area contributed by atoms with E-state index >= 15 is 0 Å². The molecule has 0 bridgehead atoms. The highest BCUT2D eigenvalue weighted by molar-refractivity contribution is 5.34. The second kappa shape index (κ2) is 4.23. The van der Waals surface area contributed by atoms with Crippen molar-refractivity contribution in [3.05, 3.63) is 42.0 Å². The van der Waals surface area contributed by atoms with E-state index in [1.54, 1.807) is 6.33 Å². The average molecular weight is 202 g/mol. The normalized spacial score (nSPS) is 10.5. The van der Waals surface area contributed by atoms with E-state index in [2.05, 4.69) is 46.7 Å². The van der Waals surface area contributed by atoms with E-state index in [1.165, 1.54) is 5.56 Å². The quantitative estimate of drug-likeness (QED) is 0.815. The summed E-state index contributed by atoms with van der Waals surface area (Å²) in [7, 11) is 1.90. The standard InChI is InChI=1S/C11H14N4/c1-9-3-5-10(6-4-9)15-8-13-14-11(15)7-12-2/h3-6,8,12H,7H2,1-2H3. The molecule has 0 saturated heterocycles. The van der Waals surface area contributed by atoms with Gasteiger partial charge in [-0.25, -0.2) is 0 Å². The Morgan fingerprint density at radius 1 is 1.27 bits per heavy atom. The fourth-order valence-corrected chi connectivity index (χ4v) is 1.46. The lowest BCUT2D eigenvalue weighted by Crippen LogP contribution is -2.11. The third kappa shape index (κ3) is 2.05. The van der Waals surface area contributed by atoms with E-state index in [1.807, 2.05) is 11.6 Å². The van der Waals surface area contributed by atoms with Crippen LogP contribution >= 0.6 is 0 Å². The Bertz CT molecular complexity index is 430. The zero-order valence-electron chi connectivity index (χ0n) is 8.94. The molecule has 4 heteroatoms. The minimum absolute atomic E-state index is 0.716. The zero-order chi connectivity index (χ0) is 10.7. The van der Waals surface area contributed by atoms with Crippen LogP contribution in [0.3, 0.4) is 0 Å². The minimum atomic E-state index is 0.716. The maximum atomic E-state index is 4.06. The smallest absolute Gasteiger partial charge is 0.151 e. The van der Waals surface area contributed by atoms with Crippen LogP contribution in [0.1, 0.15) is 11.4 Å². The molecule has 2 aromatic rings. The molecule has 1 heterocycles. The molecule has 0 radical (unpaired) electrons. The summed E-state index contributed by atoms with van der Waals surface area (Å²) < 4.78 is 1.98. The van der Waals surface area contributed by atoms with Gasteiger partial charge in [0.25, 0.3) is 0 Å². The molecule has 2 rings (SSSR count). The van der Waals surface area contributed by atoms with Crippen molar-refractivity contribution in [2.75, 3.05) is 7.05 Å². The van der Waals surface area contributed by atoms with Gasteiger partial charge in [0.1, 0.15) is 6.33 Å². The number of hydrogen-bond acceptors (Lipinski definition) is 3. The Morgan fingerprint density at radius 2 is 2.00 bits per heavy atom. The van der Waals surface area contributed by atoms with Crippen molar-refractivity contribution in [3.8, 4) is 5.69 Å². The SMILES string of the molecule is CNCc1nncn1-c1ccc(C)cc1. The van der Waals surface area contributed by atoms with Gasteiger partial charge in [-0.3, -0.25) is 4.57 Å². The van der Waals surface area contributed by atoms with Crippen molar-refractivity contribution < 1.29 is 0 Å². The molecule has 0 amide bonds. The molecule has 0 saturated carbocycles. The summed E-state index contributed by atoms with van der Waals surface area (Å²) in [5.41, 5.74) is 2.35. The fraction of sp³-hybridized carbons (Fsp3) is 0.273. The summed E-state index contributed by atoms with van der Waals surface area (Å²) in [4.78, 5) is 0.